The number of halogens is 5. The van der Waals surface area contributed by atoms with E-state index in [0.717, 1.165) is 18.2 Å². The van der Waals surface area contributed by atoms with Crippen molar-refractivity contribution in [2.75, 3.05) is 11.4 Å². The van der Waals surface area contributed by atoms with Crippen LogP contribution in [0.4, 0.5) is 23.2 Å². The number of alkyl halides is 3. The molecule has 0 saturated carbocycles. The summed E-state index contributed by atoms with van der Waals surface area (Å²) >= 11 is 6.05. The summed E-state index contributed by atoms with van der Waals surface area (Å²) in [6.07, 6.45) is -2.55. The summed E-state index contributed by atoms with van der Waals surface area (Å²) in [6.45, 7) is 0.692. The summed E-state index contributed by atoms with van der Waals surface area (Å²) in [4.78, 5) is 13.4. The minimum absolute atomic E-state index is 0.0356. The Labute approximate surface area is 182 Å². The third kappa shape index (κ3) is 3.82. The van der Waals surface area contributed by atoms with E-state index in [1.165, 1.54) is 6.20 Å². The summed E-state index contributed by atoms with van der Waals surface area (Å²) in [5.41, 5.74) is -1.94. The monoisotopic (exact) mass is 465 g/mol. The van der Waals surface area contributed by atoms with Crippen molar-refractivity contribution >= 4 is 22.9 Å². The van der Waals surface area contributed by atoms with E-state index in [2.05, 4.69) is 20.4 Å². The first-order valence-electron chi connectivity index (χ1n) is 9.08. The predicted octanol–water partition coefficient (Wildman–Crippen LogP) is 3.15. The van der Waals surface area contributed by atoms with Crippen molar-refractivity contribution < 1.29 is 17.6 Å². The lowest BCUT2D eigenvalue weighted by molar-refractivity contribution is -0.137. The third-order valence-corrected chi connectivity index (χ3v) is 5.26. The van der Waals surface area contributed by atoms with E-state index in [-0.39, 0.29) is 35.1 Å². The smallest absolute Gasteiger partial charge is 0.360 e. The van der Waals surface area contributed by atoms with Crippen LogP contribution in [0.3, 0.4) is 0 Å². The van der Waals surface area contributed by atoms with Crippen molar-refractivity contribution in [2.45, 2.75) is 19.3 Å². The first kappa shape index (κ1) is 21.5. The molecule has 3 heterocycles. The molecule has 1 aliphatic heterocycles. The largest absolute Gasteiger partial charge is 0.417 e. The molecule has 0 saturated heterocycles. The van der Waals surface area contributed by atoms with E-state index in [1.807, 2.05) is 0 Å². The van der Waals surface area contributed by atoms with E-state index in [1.54, 1.807) is 15.5 Å². The standard InChI is InChI=1S/C19H12ClF4N7O/c20-16-14(8-26-29-18(16)32)30-5-6-31-15(9-30)27-28-17(31)12(3-4-25)11-2-1-10(21)7-13(11)19(22,23)24/h1-3,7-8H,5-6,9H2,(H,29,32)/b12-3+. The Kier molecular flexibility index (Phi) is 5.43. The van der Waals surface area contributed by atoms with Gasteiger partial charge in [0.15, 0.2) is 11.6 Å². The predicted molar refractivity (Wildman–Crippen MR) is 105 cm³/mol. The second-order valence-corrected chi connectivity index (χ2v) is 7.16. The van der Waals surface area contributed by atoms with Crippen LogP contribution in [0, 0.1) is 17.1 Å². The van der Waals surface area contributed by atoms with Gasteiger partial charge < -0.3 is 9.47 Å². The highest BCUT2D eigenvalue weighted by Crippen LogP contribution is 2.38. The molecular formula is C19H12ClF4N7O. The highest BCUT2D eigenvalue weighted by atomic mass is 35.5. The van der Waals surface area contributed by atoms with Crippen molar-refractivity contribution in [3.8, 4) is 6.07 Å². The SMILES string of the molecule is N#C/C=C(\c1ccc(F)cc1C(F)(F)F)c1nnc2n1CCN(c1cn[nH]c(=O)c1Cl)C2. The number of nitrogens with zero attached hydrogens (tertiary/aromatic N) is 6. The molecule has 1 aliphatic rings. The number of allylic oxidation sites excluding steroid dienone is 1. The Morgan fingerprint density at radius 3 is 2.78 bits per heavy atom. The van der Waals surface area contributed by atoms with Crippen LogP contribution in [0.25, 0.3) is 5.57 Å². The van der Waals surface area contributed by atoms with Gasteiger partial charge in [-0.2, -0.15) is 23.5 Å². The lowest BCUT2D eigenvalue weighted by Gasteiger charge is -2.29. The summed E-state index contributed by atoms with van der Waals surface area (Å²) in [7, 11) is 0. The topological polar surface area (TPSA) is 103 Å². The van der Waals surface area contributed by atoms with Crippen LogP contribution in [-0.2, 0) is 19.3 Å². The fourth-order valence-electron chi connectivity index (χ4n) is 3.47. The number of H-pyrrole nitrogens is 1. The molecule has 164 valence electrons. The average molecular weight is 466 g/mol. The van der Waals surface area contributed by atoms with Gasteiger partial charge in [-0.05, 0) is 17.7 Å². The summed E-state index contributed by atoms with van der Waals surface area (Å²) < 4.78 is 55.8. The number of nitriles is 1. The highest BCUT2D eigenvalue weighted by molar-refractivity contribution is 6.32. The maximum atomic E-state index is 13.5. The molecule has 8 nitrogen and oxygen atoms in total. The van der Waals surface area contributed by atoms with Gasteiger partial charge in [0.2, 0.25) is 0 Å². The lowest BCUT2D eigenvalue weighted by Crippen LogP contribution is -2.35. The van der Waals surface area contributed by atoms with Gasteiger partial charge in [-0.1, -0.05) is 17.7 Å². The molecule has 1 aromatic carbocycles. The molecule has 2 aromatic heterocycles. The van der Waals surface area contributed by atoms with Crippen LogP contribution in [0.5, 0.6) is 0 Å². The summed E-state index contributed by atoms with van der Waals surface area (Å²) in [5.74, 6) is -0.643. The van der Waals surface area contributed by atoms with E-state index in [9.17, 15) is 27.6 Å². The fraction of sp³-hybridized carbons (Fsp3) is 0.211. The zero-order valence-electron chi connectivity index (χ0n) is 16.0. The average Bonchev–Trinajstić information content (AvgIpc) is 3.16. The van der Waals surface area contributed by atoms with Gasteiger partial charge in [-0.25, -0.2) is 9.49 Å². The Balaban J connectivity index is 1.76. The molecule has 0 fully saturated rings. The minimum Gasteiger partial charge on any atom is -0.360 e. The first-order valence-corrected chi connectivity index (χ1v) is 9.46. The van der Waals surface area contributed by atoms with Crippen LogP contribution < -0.4 is 10.5 Å². The van der Waals surface area contributed by atoms with Crippen LogP contribution in [0.15, 0.2) is 35.3 Å². The van der Waals surface area contributed by atoms with Crippen LogP contribution in [0.2, 0.25) is 5.02 Å². The molecule has 13 heteroatoms. The number of aromatic amines is 1. The number of hydrogen-bond donors (Lipinski definition) is 1. The molecule has 0 unspecified atom stereocenters. The maximum Gasteiger partial charge on any atom is 0.417 e. The quantitative estimate of drug-likeness (QED) is 0.471. The van der Waals surface area contributed by atoms with Crippen molar-refractivity contribution in [1.82, 2.24) is 25.0 Å². The Morgan fingerprint density at radius 2 is 2.06 bits per heavy atom. The van der Waals surface area contributed by atoms with Gasteiger partial charge in [-0.15, -0.1) is 10.2 Å². The number of benzene rings is 1. The molecule has 32 heavy (non-hydrogen) atoms. The van der Waals surface area contributed by atoms with Crippen molar-refractivity contribution in [3.05, 3.63) is 74.4 Å². The second-order valence-electron chi connectivity index (χ2n) is 6.79. The molecule has 0 bridgehead atoms. The number of hydrogen-bond acceptors (Lipinski definition) is 6. The maximum absolute atomic E-state index is 13.5. The van der Waals surface area contributed by atoms with Crippen molar-refractivity contribution in [1.29, 1.82) is 5.26 Å². The summed E-state index contributed by atoms with van der Waals surface area (Å²) in [6, 6.07) is 3.94. The van der Waals surface area contributed by atoms with Gasteiger partial charge in [-0.3, -0.25) is 4.79 Å². The highest BCUT2D eigenvalue weighted by Gasteiger charge is 2.36. The number of fused-ring (bicyclic) bond motifs is 1. The lowest BCUT2D eigenvalue weighted by atomic mass is 9.98. The molecule has 0 radical (unpaired) electrons. The Morgan fingerprint density at radius 1 is 1.28 bits per heavy atom. The molecular weight excluding hydrogens is 454 g/mol. The molecule has 0 atom stereocenters. The van der Waals surface area contributed by atoms with Gasteiger partial charge in [0.1, 0.15) is 10.8 Å². The molecule has 0 spiro atoms. The van der Waals surface area contributed by atoms with Crippen LogP contribution in [0.1, 0.15) is 22.8 Å². The van der Waals surface area contributed by atoms with Gasteiger partial charge in [0, 0.05) is 24.7 Å². The molecule has 0 aliphatic carbocycles. The van der Waals surface area contributed by atoms with E-state index in [4.69, 9.17) is 11.6 Å². The fourth-order valence-corrected chi connectivity index (χ4v) is 3.68. The van der Waals surface area contributed by atoms with Crippen molar-refractivity contribution in [2.24, 2.45) is 0 Å². The molecule has 0 amide bonds. The minimum atomic E-state index is -4.85. The third-order valence-electron chi connectivity index (χ3n) is 4.90. The van der Waals surface area contributed by atoms with Crippen molar-refractivity contribution in [3.63, 3.8) is 0 Å². The zero-order valence-corrected chi connectivity index (χ0v) is 16.7. The number of aromatic nitrogens is 5. The van der Waals surface area contributed by atoms with E-state index >= 15 is 0 Å². The van der Waals surface area contributed by atoms with Gasteiger partial charge in [0.25, 0.3) is 5.56 Å². The van der Waals surface area contributed by atoms with Gasteiger partial charge >= 0.3 is 6.18 Å². The second kappa shape index (κ2) is 8.08. The van der Waals surface area contributed by atoms with Crippen LogP contribution >= 0.6 is 11.6 Å². The van der Waals surface area contributed by atoms with Gasteiger partial charge in [0.05, 0.1) is 30.1 Å². The molecule has 3 aromatic rings. The number of nitrogens with one attached hydrogen (secondary N) is 1. The van der Waals surface area contributed by atoms with E-state index in [0.29, 0.717) is 24.1 Å². The normalized spacial score (nSPS) is 14.2. The number of anilines is 1. The summed E-state index contributed by atoms with van der Waals surface area (Å²) in [5, 5.41) is 23.1. The number of rotatable bonds is 3. The van der Waals surface area contributed by atoms with E-state index < -0.39 is 23.1 Å². The Bertz CT molecular complexity index is 1320. The molecule has 4 rings (SSSR count). The first-order chi connectivity index (χ1) is 15.2. The zero-order chi connectivity index (χ0) is 23.0. The Hall–Kier alpha value is -3.72. The van der Waals surface area contributed by atoms with Crippen LogP contribution in [-0.4, -0.2) is 31.5 Å². The molecule has 1 N–H and O–H groups in total.